The van der Waals surface area contributed by atoms with Crippen LogP contribution >= 0.6 is 0 Å². The summed E-state index contributed by atoms with van der Waals surface area (Å²) in [4.78, 5) is 27.4. The Morgan fingerprint density at radius 3 is 2.05 bits per heavy atom. The second-order valence-electron chi connectivity index (χ2n) is 6.95. The number of nitrogens with one attached hydrogen (secondary N) is 1. The van der Waals surface area contributed by atoms with Crippen molar-refractivity contribution in [2.45, 2.75) is 47.1 Å². The minimum absolute atomic E-state index is 0.121. The highest BCUT2D eigenvalue weighted by Crippen LogP contribution is 2.12. The van der Waals surface area contributed by atoms with Crippen LogP contribution in [0, 0.1) is 5.92 Å². The molecular formula is C16H29N3O3. The molecule has 6 nitrogen and oxygen atoms in total. The number of carbonyl (C=O) groups excluding carboxylic acids is 2. The van der Waals surface area contributed by atoms with Gasteiger partial charge in [0, 0.05) is 32.4 Å². The van der Waals surface area contributed by atoms with Crippen LogP contribution in [-0.2, 0) is 4.74 Å². The van der Waals surface area contributed by atoms with Crippen LogP contribution in [0.15, 0.2) is 11.8 Å². The van der Waals surface area contributed by atoms with Gasteiger partial charge in [0.2, 0.25) is 0 Å². The first-order valence-electron chi connectivity index (χ1n) is 7.80. The number of rotatable bonds is 2. The third kappa shape index (κ3) is 5.95. The molecule has 1 fully saturated rings. The summed E-state index contributed by atoms with van der Waals surface area (Å²) < 4.78 is 5.34. The van der Waals surface area contributed by atoms with Crippen LogP contribution in [0.5, 0.6) is 0 Å². The monoisotopic (exact) mass is 311 g/mol. The summed E-state index contributed by atoms with van der Waals surface area (Å²) in [5.41, 5.74) is 0.630. The molecule has 6 heteroatoms. The van der Waals surface area contributed by atoms with Crippen molar-refractivity contribution in [2.24, 2.45) is 5.92 Å². The van der Waals surface area contributed by atoms with Crippen LogP contribution in [0.1, 0.15) is 41.5 Å². The Balaban J connectivity index is 2.43. The van der Waals surface area contributed by atoms with Gasteiger partial charge in [-0.15, -0.1) is 0 Å². The molecular weight excluding hydrogens is 282 g/mol. The molecule has 0 radical (unpaired) electrons. The predicted octanol–water partition coefficient (Wildman–Crippen LogP) is 2.81. The summed E-state index contributed by atoms with van der Waals surface area (Å²) in [5.74, 6) is 0.407. The van der Waals surface area contributed by atoms with Gasteiger partial charge in [-0.1, -0.05) is 19.4 Å². The first-order chi connectivity index (χ1) is 10.1. The highest BCUT2D eigenvalue weighted by Gasteiger charge is 2.27. The van der Waals surface area contributed by atoms with E-state index in [2.05, 4.69) is 19.2 Å². The molecule has 22 heavy (non-hydrogen) atoms. The van der Waals surface area contributed by atoms with Gasteiger partial charge in [-0.2, -0.15) is 0 Å². The van der Waals surface area contributed by atoms with Crippen LogP contribution in [0.2, 0.25) is 0 Å². The Kier molecular flexibility index (Phi) is 6.26. The summed E-state index contributed by atoms with van der Waals surface area (Å²) in [6, 6.07) is -0.121. The highest BCUT2D eigenvalue weighted by atomic mass is 16.6. The fraction of sp³-hybridized carbons (Fsp3) is 0.750. The molecule has 126 valence electrons. The fourth-order valence-electron chi connectivity index (χ4n) is 1.85. The number of hydrogen-bond donors (Lipinski definition) is 1. The first-order valence-corrected chi connectivity index (χ1v) is 7.80. The molecule has 0 atom stereocenters. The molecule has 0 unspecified atom stereocenters. The van der Waals surface area contributed by atoms with E-state index < -0.39 is 5.60 Å². The van der Waals surface area contributed by atoms with Crippen molar-refractivity contribution >= 4 is 12.1 Å². The molecule has 1 heterocycles. The molecule has 1 saturated heterocycles. The molecule has 0 spiro atoms. The van der Waals surface area contributed by atoms with Crippen LogP contribution < -0.4 is 5.32 Å². The van der Waals surface area contributed by atoms with Crippen molar-refractivity contribution in [1.29, 1.82) is 0 Å². The number of amides is 3. The average molecular weight is 311 g/mol. The lowest BCUT2D eigenvalue weighted by atomic mass is 10.1. The van der Waals surface area contributed by atoms with E-state index in [4.69, 9.17) is 4.74 Å². The molecule has 0 aliphatic carbocycles. The third-order valence-electron chi connectivity index (χ3n) is 3.55. The summed E-state index contributed by atoms with van der Waals surface area (Å²) in [7, 11) is 0. The topological polar surface area (TPSA) is 61.9 Å². The molecule has 0 aromatic carbocycles. The lowest BCUT2D eigenvalue weighted by Gasteiger charge is -2.35. The van der Waals surface area contributed by atoms with E-state index in [9.17, 15) is 9.59 Å². The molecule has 0 bridgehead atoms. The summed E-state index contributed by atoms with van der Waals surface area (Å²) in [6.07, 6.45) is 1.44. The SMILES string of the molecule is C/C(=C\NC(=O)N1CCN(C(=O)OC(C)(C)C)CC1)C(C)C. The molecule has 1 aliphatic heterocycles. The predicted molar refractivity (Wildman–Crippen MR) is 86.5 cm³/mol. The number of piperazine rings is 1. The Labute approximate surface area is 133 Å². The summed E-state index contributed by atoms with van der Waals surface area (Å²) >= 11 is 0. The van der Waals surface area contributed by atoms with E-state index in [-0.39, 0.29) is 12.1 Å². The first kappa shape index (κ1) is 18.3. The number of carbonyl (C=O) groups is 2. The van der Waals surface area contributed by atoms with Gasteiger partial charge in [0.15, 0.2) is 0 Å². The number of nitrogens with zero attached hydrogens (tertiary/aromatic N) is 2. The van der Waals surface area contributed by atoms with Crippen molar-refractivity contribution in [3.05, 3.63) is 11.8 Å². The third-order valence-corrected chi connectivity index (χ3v) is 3.55. The summed E-state index contributed by atoms with van der Waals surface area (Å²) in [5, 5.41) is 2.81. The van der Waals surface area contributed by atoms with Crippen LogP contribution in [0.25, 0.3) is 0 Å². The molecule has 1 N–H and O–H groups in total. The zero-order valence-corrected chi connectivity index (χ0v) is 14.6. The van der Waals surface area contributed by atoms with E-state index in [1.807, 2.05) is 27.7 Å². The molecule has 1 aliphatic rings. The van der Waals surface area contributed by atoms with Gasteiger partial charge in [0.05, 0.1) is 0 Å². The fourth-order valence-corrected chi connectivity index (χ4v) is 1.85. The smallest absolute Gasteiger partial charge is 0.410 e. The largest absolute Gasteiger partial charge is 0.444 e. The highest BCUT2D eigenvalue weighted by molar-refractivity contribution is 5.76. The van der Waals surface area contributed by atoms with E-state index in [0.717, 1.165) is 5.57 Å². The van der Waals surface area contributed by atoms with Crippen LogP contribution in [-0.4, -0.2) is 53.7 Å². The number of ether oxygens (including phenoxy) is 1. The maximum atomic E-state index is 12.1. The van der Waals surface area contributed by atoms with Crippen LogP contribution in [0.3, 0.4) is 0 Å². The zero-order valence-electron chi connectivity index (χ0n) is 14.6. The second-order valence-corrected chi connectivity index (χ2v) is 6.95. The Hall–Kier alpha value is -1.72. The van der Waals surface area contributed by atoms with Crippen molar-refractivity contribution in [3.63, 3.8) is 0 Å². The van der Waals surface area contributed by atoms with Crippen molar-refractivity contribution < 1.29 is 14.3 Å². The van der Waals surface area contributed by atoms with Crippen molar-refractivity contribution in [1.82, 2.24) is 15.1 Å². The maximum Gasteiger partial charge on any atom is 0.410 e. The molecule has 0 aromatic rings. The summed E-state index contributed by atoms with van der Waals surface area (Å²) in [6.45, 7) is 13.7. The zero-order chi connectivity index (χ0) is 16.9. The number of hydrogen-bond acceptors (Lipinski definition) is 3. The van der Waals surface area contributed by atoms with E-state index in [1.165, 1.54) is 0 Å². The molecule has 0 aromatic heterocycles. The number of allylic oxidation sites excluding steroid dienone is 1. The molecule has 0 saturated carbocycles. The van der Waals surface area contributed by atoms with E-state index >= 15 is 0 Å². The minimum Gasteiger partial charge on any atom is -0.444 e. The second kappa shape index (κ2) is 7.51. The van der Waals surface area contributed by atoms with Gasteiger partial charge in [-0.3, -0.25) is 0 Å². The van der Waals surface area contributed by atoms with Gasteiger partial charge in [-0.25, -0.2) is 9.59 Å². The maximum absolute atomic E-state index is 12.1. The van der Waals surface area contributed by atoms with Gasteiger partial charge in [0.25, 0.3) is 0 Å². The minimum atomic E-state index is -0.495. The van der Waals surface area contributed by atoms with E-state index in [1.54, 1.807) is 16.0 Å². The number of urea groups is 1. The Morgan fingerprint density at radius 2 is 1.59 bits per heavy atom. The van der Waals surface area contributed by atoms with Gasteiger partial charge >= 0.3 is 12.1 Å². The molecule has 1 rings (SSSR count). The van der Waals surface area contributed by atoms with Gasteiger partial charge in [-0.05, 0) is 33.6 Å². The van der Waals surface area contributed by atoms with Crippen molar-refractivity contribution in [3.8, 4) is 0 Å². The standard InChI is InChI=1S/C16H29N3O3/c1-12(2)13(3)11-17-14(20)18-7-9-19(10-8-18)15(21)22-16(4,5)6/h11-12H,7-10H2,1-6H3,(H,17,20)/b13-11+. The Morgan fingerprint density at radius 1 is 1.09 bits per heavy atom. The average Bonchev–Trinajstić information content (AvgIpc) is 2.42. The lowest BCUT2D eigenvalue weighted by Crippen LogP contribution is -2.53. The Bertz CT molecular complexity index is 430. The quantitative estimate of drug-likeness (QED) is 0.853. The molecule has 3 amide bonds. The van der Waals surface area contributed by atoms with Gasteiger partial charge in [0.1, 0.15) is 5.60 Å². The van der Waals surface area contributed by atoms with Gasteiger partial charge < -0.3 is 19.9 Å². The van der Waals surface area contributed by atoms with E-state index in [0.29, 0.717) is 32.1 Å². The lowest BCUT2D eigenvalue weighted by molar-refractivity contribution is 0.0171. The van der Waals surface area contributed by atoms with Crippen LogP contribution in [0.4, 0.5) is 9.59 Å². The normalized spacial score (nSPS) is 16.8. The van der Waals surface area contributed by atoms with Crippen molar-refractivity contribution in [2.75, 3.05) is 26.2 Å².